The molecule has 1 aliphatic carbocycles. The first-order valence-electron chi connectivity index (χ1n) is 7.86. The Labute approximate surface area is 117 Å². The third-order valence-corrected chi connectivity index (χ3v) is 7.06. The van der Waals surface area contributed by atoms with E-state index in [9.17, 15) is 8.42 Å². The van der Waals surface area contributed by atoms with E-state index in [1.54, 1.807) is 4.31 Å². The summed E-state index contributed by atoms with van der Waals surface area (Å²) < 4.78 is 26.6. The fraction of sp³-hybridized carbons (Fsp3) is 1.00. The van der Waals surface area contributed by atoms with Crippen molar-refractivity contribution < 1.29 is 8.42 Å². The molecule has 0 aromatic rings. The van der Waals surface area contributed by atoms with E-state index in [-0.39, 0.29) is 0 Å². The monoisotopic (exact) mass is 286 g/mol. The van der Waals surface area contributed by atoms with Crippen LogP contribution in [0.15, 0.2) is 0 Å². The predicted octanol–water partition coefficient (Wildman–Crippen LogP) is 1.58. The summed E-state index contributed by atoms with van der Waals surface area (Å²) in [7, 11) is -3.01. The Balaban J connectivity index is 1.51. The standard InChI is InChI=1S/C14H26N2O2S/c17-19(18,9-7-14-6-1-2-8-15-14)16-10-12-4-3-5-13(12)11-16/h12-15H,1-11H2. The second-order valence-electron chi connectivity index (χ2n) is 6.52. The zero-order valence-corrected chi connectivity index (χ0v) is 12.5. The van der Waals surface area contributed by atoms with E-state index in [1.165, 1.54) is 32.1 Å². The van der Waals surface area contributed by atoms with Crippen molar-refractivity contribution in [2.45, 2.75) is 51.0 Å². The van der Waals surface area contributed by atoms with Gasteiger partial charge in [0.05, 0.1) is 5.75 Å². The van der Waals surface area contributed by atoms with Crippen LogP contribution in [0.25, 0.3) is 0 Å². The molecule has 3 unspecified atom stereocenters. The zero-order valence-electron chi connectivity index (χ0n) is 11.7. The summed E-state index contributed by atoms with van der Waals surface area (Å²) in [5.41, 5.74) is 0. The van der Waals surface area contributed by atoms with Gasteiger partial charge in [-0.1, -0.05) is 12.8 Å². The van der Waals surface area contributed by atoms with Gasteiger partial charge in [0.2, 0.25) is 10.0 Å². The summed E-state index contributed by atoms with van der Waals surface area (Å²) in [5, 5.41) is 3.44. The van der Waals surface area contributed by atoms with Crippen molar-refractivity contribution in [2.24, 2.45) is 11.8 Å². The summed E-state index contributed by atoms with van der Waals surface area (Å²) in [6.45, 7) is 2.65. The highest BCUT2D eigenvalue weighted by Gasteiger charge is 2.40. The molecule has 1 N–H and O–H groups in total. The van der Waals surface area contributed by atoms with Crippen LogP contribution >= 0.6 is 0 Å². The lowest BCUT2D eigenvalue weighted by Gasteiger charge is -2.24. The highest BCUT2D eigenvalue weighted by Crippen LogP contribution is 2.38. The quantitative estimate of drug-likeness (QED) is 0.853. The second-order valence-corrected chi connectivity index (χ2v) is 8.61. The van der Waals surface area contributed by atoms with E-state index in [1.807, 2.05) is 0 Å². The van der Waals surface area contributed by atoms with Crippen LogP contribution in [0, 0.1) is 11.8 Å². The van der Waals surface area contributed by atoms with Gasteiger partial charge in [-0.25, -0.2) is 12.7 Å². The van der Waals surface area contributed by atoms with Crippen molar-refractivity contribution in [2.75, 3.05) is 25.4 Å². The summed E-state index contributed by atoms with van der Waals surface area (Å²) in [6.07, 6.45) is 8.18. The van der Waals surface area contributed by atoms with Crippen LogP contribution in [-0.2, 0) is 10.0 Å². The molecule has 0 aromatic carbocycles. The van der Waals surface area contributed by atoms with Gasteiger partial charge in [0.25, 0.3) is 0 Å². The Bertz CT molecular complexity index is 392. The molecule has 2 aliphatic heterocycles. The van der Waals surface area contributed by atoms with Crippen molar-refractivity contribution in [3.8, 4) is 0 Å². The number of hydrogen-bond donors (Lipinski definition) is 1. The molecular weight excluding hydrogens is 260 g/mol. The van der Waals surface area contributed by atoms with Crippen molar-refractivity contribution in [3.05, 3.63) is 0 Å². The highest BCUT2D eigenvalue weighted by molar-refractivity contribution is 7.89. The highest BCUT2D eigenvalue weighted by atomic mass is 32.2. The van der Waals surface area contributed by atoms with E-state index >= 15 is 0 Å². The molecule has 3 rings (SSSR count). The Morgan fingerprint density at radius 1 is 1.00 bits per heavy atom. The van der Waals surface area contributed by atoms with E-state index in [0.717, 1.165) is 32.5 Å². The Hall–Kier alpha value is -0.130. The maximum atomic E-state index is 12.4. The van der Waals surface area contributed by atoms with Gasteiger partial charge in [-0.2, -0.15) is 0 Å². The fourth-order valence-electron chi connectivity index (χ4n) is 4.01. The number of nitrogens with one attached hydrogen (secondary N) is 1. The average Bonchev–Trinajstić information content (AvgIpc) is 2.99. The molecule has 0 amide bonds. The number of rotatable bonds is 4. The lowest BCUT2D eigenvalue weighted by atomic mass is 10.0. The van der Waals surface area contributed by atoms with Crippen LogP contribution in [0.4, 0.5) is 0 Å². The first kappa shape index (κ1) is 13.8. The van der Waals surface area contributed by atoms with Crippen molar-refractivity contribution in [3.63, 3.8) is 0 Å². The second kappa shape index (κ2) is 5.70. The molecule has 1 saturated carbocycles. The Kier molecular flexibility index (Phi) is 4.15. The maximum Gasteiger partial charge on any atom is 0.214 e. The first-order valence-corrected chi connectivity index (χ1v) is 9.47. The number of sulfonamides is 1. The summed E-state index contributed by atoms with van der Waals surface area (Å²) in [6, 6.07) is 0.422. The zero-order chi connectivity index (χ0) is 13.3. The third-order valence-electron chi connectivity index (χ3n) is 5.22. The number of hydrogen-bond acceptors (Lipinski definition) is 3. The van der Waals surface area contributed by atoms with Gasteiger partial charge < -0.3 is 5.32 Å². The predicted molar refractivity (Wildman–Crippen MR) is 76.4 cm³/mol. The molecule has 2 saturated heterocycles. The minimum Gasteiger partial charge on any atom is -0.314 e. The molecule has 0 radical (unpaired) electrons. The molecular formula is C14H26N2O2S. The number of nitrogens with zero attached hydrogens (tertiary/aromatic N) is 1. The molecule has 3 fully saturated rings. The van der Waals surface area contributed by atoms with Crippen LogP contribution in [0.5, 0.6) is 0 Å². The fourth-order valence-corrected chi connectivity index (χ4v) is 5.69. The van der Waals surface area contributed by atoms with Crippen molar-refractivity contribution in [1.82, 2.24) is 9.62 Å². The van der Waals surface area contributed by atoms with Gasteiger partial charge in [-0.05, 0) is 50.5 Å². The Morgan fingerprint density at radius 3 is 2.37 bits per heavy atom. The number of fused-ring (bicyclic) bond motifs is 1. The molecule has 0 bridgehead atoms. The van der Waals surface area contributed by atoms with Gasteiger partial charge in [-0.3, -0.25) is 0 Å². The molecule has 3 aliphatic rings. The van der Waals surface area contributed by atoms with Gasteiger partial charge in [0.15, 0.2) is 0 Å². The van der Waals surface area contributed by atoms with Crippen molar-refractivity contribution >= 4 is 10.0 Å². The normalized spacial score (nSPS) is 36.5. The number of piperidine rings is 1. The van der Waals surface area contributed by atoms with Gasteiger partial charge >= 0.3 is 0 Å². The minimum atomic E-state index is -3.01. The van der Waals surface area contributed by atoms with Gasteiger partial charge in [-0.15, -0.1) is 0 Å². The molecule has 0 spiro atoms. The molecule has 0 aromatic heterocycles. The van der Waals surface area contributed by atoms with E-state index in [0.29, 0.717) is 23.6 Å². The summed E-state index contributed by atoms with van der Waals surface area (Å²) >= 11 is 0. The van der Waals surface area contributed by atoms with Crippen LogP contribution in [0.2, 0.25) is 0 Å². The minimum absolute atomic E-state index is 0.337. The van der Waals surface area contributed by atoms with E-state index in [2.05, 4.69) is 5.32 Å². The largest absolute Gasteiger partial charge is 0.314 e. The van der Waals surface area contributed by atoms with Crippen LogP contribution in [0.1, 0.15) is 44.9 Å². The van der Waals surface area contributed by atoms with E-state index < -0.39 is 10.0 Å². The van der Waals surface area contributed by atoms with E-state index in [4.69, 9.17) is 0 Å². The lowest BCUT2D eigenvalue weighted by molar-refractivity contribution is 0.387. The molecule has 2 heterocycles. The van der Waals surface area contributed by atoms with Crippen LogP contribution in [-0.4, -0.2) is 44.2 Å². The summed E-state index contributed by atoms with van der Waals surface area (Å²) in [4.78, 5) is 0. The average molecular weight is 286 g/mol. The lowest BCUT2D eigenvalue weighted by Crippen LogP contribution is -2.38. The van der Waals surface area contributed by atoms with Crippen molar-refractivity contribution in [1.29, 1.82) is 0 Å². The molecule has 110 valence electrons. The van der Waals surface area contributed by atoms with Crippen LogP contribution in [0.3, 0.4) is 0 Å². The van der Waals surface area contributed by atoms with Gasteiger partial charge in [0, 0.05) is 19.1 Å². The van der Waals surface area contributed by atoms with Gasteiger partial charge in [0.1, 0.15) is 0 Å². The maximum absolute atomic E-state index is 12.4. The topological polar surface area (TPSA) is 49.4 Å². The smallest absolute Gasteiger partial charge is 0.214 e. The SMILES string of the molecule is O=S(=O)(CCC1CCCCN1)N1CC2CCCC2C1. The molecule has 19 heavy (non-hydrogen) atoms. The Morgan fingerprint density at radius 2 is 1.74 bits per heavy atom. The third kappa shape index (κ3) is 3.14. The molecule has 4 nitrogen and oxygen atoms in total. The summed E-state index contributed by atoms with van der Waals surface area (Å²) in [5.74, 6) is 1.65. The van der Waals surface area contributed by atoms with Crippen LogP contribution < -0.4 is 5.32 Å². The first-order chi connectivity index (χ1) is 9.15. The molecule has 5 heteroatoms. The molecule has 3 atom stereocenters.